The zero-order chi connectivity index (χ0) is 22.2. The molecule has 0 spiro atoms. The monoisotopic (exact) mass is 445 g/mol. The van der Waals surface area contributed by atoms with Gasteiger partial charge in [-0.15, -0.1) is 0 Å². The lowest BCUT2D eigenvalue weighted by Gasteiger charge is -2.34. The molecule has 8 heteroatoms. The van der Waals surface area contributed by atoms with E-state index in [0.29, 0.717) is 29.4 Å². The van der Waals surface area contributed by atoms with Gasteiger partial charge in [0.05, 0.1) is 23.9 Å². The Morgan fingerprint density at radius 3 is 2.69 bits per heavy atom. The molecule has 7 nitrogen and oxygen atoms in total. The van der Waals surface area contributed by atoms with E-state index in [1.165, 1.54) is 0 Å². The Bertz CT molecular complexity index is 1240. The molecule has 1 fully saturated rings. The van der Waals surface area contributed by atoms with E-state index in [0.717, 1.165) is 29.9 Å². The molecule has 3 aromatic rings. The minimum absolute atomic E-state index is 0.00733. The van der Waals surface area contributed by atoms with Crippen molar-refractivity contribution in [2.45, 2.75) is 18.9 Å². The van der Waals surface area contributed by atoms with Crippen LogP contribution in [0.1, 0.15) is 39.9 Å². The number of hydrogen-bond acceptors (Lipinski definition) is 4. The third-order valence-corrected chi connectivity index (χ3v) is 6.33. The summed E-state index contributed by atoms with van der Waals surface area (Å²) in [6.45, 7) is 0.845. The van der Waals surface area contributed by atoms with Crippen molar-refractivity contribution >= 4 is 29.1 Å². The molecule has 3 heterocycles. The highest BCUT2D eigenvalue weighted by atomic mass is 35.5. The first-order valence-electron chi connectivity index (χ1n) is 10.5. The molecule has 0 aliphatic carbocycles. The summed E-state index contributed by atoms with van der Waals surface area (Å²) in [4.78, 5) is 33.9. The topological polar surface area (TPSA) is 82.2 Å². The molecule has 1 atom stereocenters. The van der Waals surface area contributed by atoms with Crippen molar-refractivity contribution in [2.24, 2.45) is 0 Å². The van der Waals surface area contributed by atoms with Crippen LogP contribution in [0, 0.1) is 11.3 Å². The van der Waals surface area contributed by atoms with Crippen LogP contribution < -0.4 is 4.90 Å². The van der Waals surface area contributed by atoms with Gasteiger partial charge in [0.15, 0.2) is 0 Å². The van der Waals surface area contributed by atoms with Crippen LogP contribution in [0.15, 0.2) is 54.7 Å². The van der Waals surface area contributed by atoms with Gasteiger partial charge in [0.2, 0.25) is 5.91 Å². The number of rotatable bonds is 3. The Morgan fingerprint density at radius 1 is 1.16 bits per heavy atom. The van der Waals surface area contributed by atoms with Gasteiger partial charge in [-0.3, -0.25) is 9.59 Å². The Balaban J connectivity index is 1.36. The first-order valence-corrected chi connectivity index (χ1v) is 10.8. The average Bonchev–Trinajstić information content (AvgIpc) is 3.41. The maximum absolute atomic E-state index is 13.4. The van der Waals surface area contributed by atoms with E-state index in [9.17, 15) is 9.59 Å². The van der Waals surface area contributed by atoms with Gasteiger partial charge < -0.3 is 14.4 Å². The molecule has 1 saturated heterocycles. The second kappa shape index (κ2) is 8.13. The van der Waals surface area contributed by atoms with Crippen LogP contribution in [0.2, 0.25) is 5.02 Å². The summed E-state index contributed by atoms with van der Waals surface area (Å²) >= 11 is 6.07. The molecule has 2 aliphatic heterocycles. The van der Waals surface area contributed by atoms with Crippen LogP contribution in [-0.2, 0) is 11.2 Å². The van der Waals surface area contributed by atoms with Crippen LogP contribution in [0.4, 0.5) is 5.69 Å². The van der Waals surface area contributed by atoms with E-state index < -0.39 is 0 Å². The number of nitrogens with zero attached hydrogens (tertiary/aromatic N) is 5. The van der Waals surface area contributed by atoms with Crippen LogP contribution in [0.25, 0.3) is 0 Å². The van der Waals surface area contributed by atoms with Crippen LogP contribution in [0.5, 0.6) is 0 Å². The molecule has 0 saturated carbocycles. The molecule has 5 rings (SSSR count). The van der Waals surface area contributed by atoms with Gasteiger partial charge in [-0.2, -0.15) is 5.26 Å². The van der Waals surface area contributed by atoms with Crippen molar-refractivity contribution in [3.8, 4) is 6.07 Å². The molecule has 32 heavy (non-hydrogen) atoms. The summed E-state index contributed by atoms with van der Waals surface area (Å²) < 4.78 is 1.98. The van der Waals surface area contributed by atoms with Crippen molar-refractivity contribution in [3.05, 3.63) is 82.4 Å². The highest BCUT2D eigenvalue weighted by molar-refractivity contribution is 6.30. The minimum Gasteiger partial charge on any atom is -0.326 e. The normalized spacial score (nSPS) is 17.9. The number of hydrogen-bond donors (Lipinski definition) is 0. The number of aromatic nitrogens is 2. The number of piperazine rings is 1. The van der Waals surface area contributed by atoms with Crippen LogP contribution in [0.3, 0.4) is 0 Å². The maximum Gasteiger partial charge on any atom is 0.272 e. The van der Waals surface area contributed by atoms with Gasteiger partial charge >= 0.3 is 0 Å². The second-order valence-corrected chi connectivity index (χ2v) is 8.41. The van der Waals surface area contributed by atoms with Crippen LogP contribution in [-0.4, -0.2) is 45.9 Å². The average molecular weight is 446 g/mol. The molecule has 2 amide bonds. The maximum atomic E-state index is 13.4. The van der Waals surface area contributed by atoms with Crippen molar-refractivity contribution in [1.82, 2.24) is 14.5 Å². The minimum atomic E-state index is -0.191. The lowest BCUT2D eigenvalue weighted by molar-refractivity contribution is -0.120. The van der Waals surface area contributed by atoms with Gasteiger partial charge in [0, 0.05) is 30.2 Å². The zero-order valence-corrected chi connectivity index (χ0v) is 18.0. The third-order valence-electron chi connectivity index (χ3n) is 6.10. The van der Waals surface area contributed by atoms with Crippen molar-refractivity contribution in [2.75, 3.05) is 24.5 Å². The predicted octanol–water partition coefficient (Wildman–Crippen LogP) is 3.43. The van der Waals surface area contributed by atoms with Gasteiger partial charge in [0.25, 0.3) is 5.91 Å². The molecule has 0 bridgehead atoms. The fraction of sp³-hybridized carbons (Fsp3) is 0.250. The molecule has 2 aromatic carbocycles. The number of halogens is 1. The molecule has 2 aliphatic rings. The van der Waals surface area contributed by atoms with Gasteiger partial charge in [-0.05, 0) is 42.3 Å². The van der Waals surface area contributed by atoms with E-state index in [1.807, 2.05) is 22.8 Å². The van der Waals surface area contributed by atoms with Crippen molar-refractivity contribution < 1.29 is 9.59 Å². The number of fused-ring (bicyclic) bond motifs is 1. The standard InChI is InChI=1S/C24H20ClN5O2/c25-18-2-1-3-19(12-18)29-11-10-28(15-23(29)31)24(32)21-14-27-22-9-8-20(30(21)22)17-6-4-16(13-26)5-7-17/h1-7,12,14,20H,8-11,15H2. The first-order chi connectivity index (χ1) is 15.5. The van der Waals surface area contributed by atoms with Gasteiger partial charge in [-0.1, -0.05) is 29.8 Å². The number of imidazole rings is 1. The van der Waals surface area contributed by atoms with E-state index >= 15 is 0 Å². The number of nitriles is 1. The summed E-state index contributed by atoms with van der Waals surface area (Å²) in [5, 5.41) is 9.62. The molecular formula is C24H20ClN5O2. The lowest BCUT2D eigenvalue weighted by atomic mass is 10.0. The van der Waals surface area contributed by atoms with Gasteiger partial charge in [-0.25, -0.2) is 4.98 Å². The van der Waals surface area contributed by atoms with Gasteiger partial charge in [0.1, 0.15) is 18.1 Å². The fourth-order valence-corrected chi connectivity index (χ4v) is 4.69. The summed E-state index contributed by atoms with van der Waals surface area (Å²) in [7, 11) is 0. The number of carbonyl (C=O) groups is 2. The number of anilines is 1. The largest absolute Gasteiger partial charge is 0.326 e. The number of carbonyl (C=O) groups excluding carboxylic acids is 2. The highest BCUT2D eigenvalue weighted by Crippen LogP contribution is 2.33. The smallest absolute Gasteiger partial charge is 0.272 e. The first kappa shape index (κ1) is 20.3. The Hall–Kier alpha value is -3.63. The lowest BCUT2D eigenvalue weighted by Crippen LogP contribution is -2.52. The zero-order valence-electron chi connectivity index (χ0n) is 17.2. The number of amides is 2. The van der Waals surface area contributed by atoms with E-state index in [1.54, 1.807) is 46.3 Å². The van der Waals surface area contributed by atoms with Crippen molar-refractivity contribution in [3.63, 3.8) is 0 Å². The SMILES string of the molecule is N#Cc1ccc(C2CCc3ncc(C(=O)N4CCN(c5cccc(Cl)c5)C(=O)C4)n32)cc1. The Kier molecular flexibility index (Phi) is 5.16. The number of aryl methyl sites for hydroxylation is 1. The molecular weight excluding hydrogens is 426 g/mol. The summed E-state index contributed by atoms with van der Waals surface area (Å²) in [6.07, 6.45) is 3.23. The third kappa shape index (κ3) is 3.53. The van der Waals surface area contributed by atoms with E-state index in [2.05, 4.69) is 11.1 Å². The summed E-state index contributed by atoms with van der Waals surface area (Å²) in [5.74, 6) is 0.534. The predicted molar refractivity (Wildman–Crippen MR) is 120 cm³/mol. The molecule has 0 radical (unpaired) electrons. The molecule has 1 unspecified atom stereocenters. The fourth-order valence-electron chi connectivity index (χ4n) is 4.51. The molecule has 0 N–H and O–H groups in total. The quantitative estimate of drug-likeness (QED) is 0.618. The second-order valence-electron chi connectivity index (χ2n) is 7.97. The Labute approximate surface area is 190 Å². The summed E-state index contributed by atoms with van der Waals surface area (Å²) in [5.41, 5.74) is 2.87. The van der Waals surface area contributed by atoms with E-state index in [-0.39, 0.29) is 24.4 Å². The highest BCUT2D eigenvalue weighted by Gasteiger charge is 2.34. The Morgan fingerprint density at radius 2 is 1.97 bits per heavy atom. The van der Waals surface area contributed by atoms with Crippen LogP contribution >= 0.6 is 11.6 Å². The summed E-state index contributed by atoms with van der Waals surface area (Å²) in [6, 6.07) is 16.7. The number of benzene rings is 2. The molecule has 1 aromatic heterocycles. The van der Waals surface area contributed by atoms with E-state index in [4.69, 9.17) is 16.9 Å². The molecule has 160 valence electrons. The van der Waals surface area contributed by atoms with Crippen molar-refractivity contribution in [1.29, 1.82) is 5.26 Å².